The van der Waals surface area contributed by atoms with Gasteiger partial charge in [-0.1, -0.05) is 36.4 Å². The number of carbonyl (C=O) groups is 2. The molecule has 1 atom stereocenters. The Kier molecular flexibility index (Phi) is 6.87. The normalized spacial score (nSPS) is 16.0. The summed E-state index contributed by atoms with van der Waals surface area (Å²) in [5.74, 6) is -0.441. The molecular weight excluding hydrogens is 419 g/mol. The third kappa shape index (κ3) is 5.48. The first-order chi connectivity index (χ1) is 15.9. The molecule has 0 spiro atoms. The van der Waals surface area contributed by atoms with Gasteiger partial charge in [-0.3, -0.25) is 14.3 Å². The fraction of sp³-hybridized carbons (Fsp3) is 0.346. The molecule has 3 aromatic rings. The molecule has 0 radical (unpaired) electrons. The first-order valence-corrected chi connectivity index (χ1v) is 11.3. The minimum Gasteiger partial charge on any atom is -0.353 e. The molecule has 0 bridgehead atoms. The monoisotopic (exact) mass is 448 g/mol. The summed E-state index contributed by atoms with van der Waals surface area (Å²) in [7, 11) is 0. The summed E-state index contributed by atoms with van der Waals surface area (Å²) in [5, 5.41) is 7.33. The summed E-state index contributed by atoms with van der Waals surface area (Å²) in [5.41, 5.74) is 4.63. The minimum atomic E-state index is -0.553. The van der Waals surface area contributed by atoms with Crippen molar-refractivity contribution in [2.75, 3.05) is 13.1 Å². The third-order valence-corrected chi connectivity index (χ3v) is 6.03. The molecule has 1 N–H and O–H groups in total. The topological polar surface area (TPSA) is 67.2 Å². The molecule has 0 aliphatic carbocycles. The highest BCUT2D eigenvalue weighted by Crippen LogP contribution is 2.23. The molecule has 2 amide bonds. The van der Waals surface area contributed by atoms with Gasteiger partial charge in [-0.05, 0) is 55.2 Å². The zero-order chi connectivity index (χ0) is 23.4. The quantitative estimate of drug-likeness (QED) is 0.600. The Bertz CT molecular complexity index is 1160. The van der Waals surface area contributed by atoms with Crippen molar-refractivity contribution in [2.24, 2.45) is 0 Å². The zero-order valence-electron chi connectivity index (χ0n) is 19.1. The molecule has 33 heavy (non-hydrogen) atoms. The molecule has 1 aliphatic rings. The van der Waals surface area contributed by atoms with E-state index in [1.807, 2.05) is 54.9 Å². The van der Waals surface area contributed by atoms with Crippen LogP contribution in [-0.2, 0) is 22.6 Å². The van der Waals surface area contributed by atoms with E-state index in [-0.39, 0.29) is 17.6 Å². The predicted octanol–water partition coefficient (Wildman–Crippen LogP) is 3.66. The molecular formula is C26H29FN4O2. The van der Waals surface area contributed by atoms with E-state index in [2.05, 4.69) is 10.4 Å². The van der Waals surface area contributed by atoms with Crippen LogP contribution in [0.4, 0.5) is 4.39 Å². The largest absolute Gasteiger partial charge is 0.353 e. The lowest BCUT2D eigenvalue weighted by Crippen LogP contribution is -2.58. The van der Waals surface area contributed by atoms with E-state index in [0.717, 1.165) is 28.1 Å². The van der Waals surface area contributed by atoms with Gasteiger partial charge >= 0.3 is 0 Å². The number of rotatable bonds is 7. The van der Waals surface area contributed by atoms with E-state index in [4.69, 9.17) is 0 Å². The predicted molar refractivity (Wildman–Crippen MR) is 125 cm³/mol. The Hall–Kier alpha value is -3.48. The number of hydrogen-bond donors (Lipinski definition) is 1. The molecule has 7 heteroatoms. The summed E-state index contributed by atoms with van der Waals surface area (Å²) in [6.45, 7) is 5.59. The van der Waals surface area contributed by atoms with E-state index in [0.29, 0.717) is 38.9 Å². The highest BCUT2D eigenvalue weighted by molar-refractivity contribution is 5.89. The summed E-state index contributed by atoms with van der Waals surface area (Å²) in [4.78, 5) is 27.4. The zero-order valence-corrected chi connectivity index (χ0v) is 19.1. The van der Waals surface area contributed by atoms with Gasteiger partial charge in [-0.15, -0.1) is 0 Å². The van der Waals surface area contributed by atoms with Crippen LogP contribution in [0, 0.1) is 19.7 Å². The second-order valence-corrected chi connectivity index (χ2v) is 8.56. The van der Waals surface area contributed by atoms with Gasteiger partial charge in [0, 0.05) is 38.2 Å². The molecule has 2 aromatic carbocycles. The van der Waals surface area contributed by atoms with Crippen molar-refractivity contribution in [3.63, 3.8) is 0 Å². The van der Waals surface area contributed by atoms with Crippen molar-refractivity contribution in [2.45, 2.75) is 45.7 Å². The van der Waals surface area contributed by atoms with E-state index in [1.165, 1.54) is 12.1 Å². The van der Waals surface area contributed by atoms with Crippen molar-refractivity contribution in [3.05, 3.63) is 77.4 Å². The Labute approximate surface area is 193 Å². The maximum atomic E-state index is 13.6. The summed E-state index contributed by atoms with van der Waals surface area (Å²) in [6, 6.07) is 15.6. The number of nitrogens with one attached hydrogen (secondary N) is 1. The number of aryl methyl sites for hydroxylation is 3. The van der Waals surface area contributed by atoms with E-state index in [1.54, 1.807) is 11.0 Å². The number of benzene rings is 2. The molecule has 1 unspecified atom stereocenters. The van der Waals surface area contributed by atoms with Gasteiger partial charge in [-0.2, -0.15) is 5.10 Å². The van der Waals surface area contributed by atoms with Gasteiger partial charge in [0.25, 0.3) is 0 Å². The van der Waals surface area contributed by atoms with Gasteiger partial charge in [-0.25, -0.2) is 4.39 Å². The summed E-state index contributed by atoms with van der Waals surface area (Å²) >= 11 is 0. The van der Waals surface area contributed by atoms with Crippen LogP contribution in [0.15, 0.2) is 54.6 Å². The number of aromatic nitrogens is 2. The van der Waals surface area contributed by atoms with Crippen LogP contribution in [0.5, 0.6) is 0 Å². The van der Waals surface area contributed by atoms with E-state index >= 15 is 0 Å². The van der Waals surface area contributed by atoms with Crippen LogP contribution in [0.2, 0.25) is 0 Å². The van der Waals surface area contributed by atoms with Gasteiger partial charge in [0.1, 0.15) is 11.9 Å². The molecule has 4 rings (SSSR count). The minimum absolute atomic E-state index is 0.0160. The summed E-state index contributed by atoms with van der Waals surface area (Å²) < 4.78 is 15.6. The maximum absolute atomic E-state index is 13.6. The first kappa shape index (κ1) is 22.7. The van der Waals surface area contributed by atoms with Gasteiger partial charge in [0.2, 0.25) is 11.8 Å². The van der Waals surface area contributed by atoms with Gasteiger partial charge in [0.05, 0.1) is 5.69 Å². The Morgan fingerprint density at radius 2 is 1.88 bits per heavy atom. The van der Waals surface area contributed by atoms with Crippen molar-refractivity contribution >= 4 is 11.8 Å². The van der Waals surface area contributed by atoms with Crippen molar-refractivity contribution in [1.29, 1.82) is 0 Å². The van der Waals surface area contributed by atoms with Crippen molar-refractivity contribution in [3.8, 4) is 11.1 Å². The maximum Gasteiger partial charge on any atom is 0.243 e. The second kappa shape index (κ2) is 9.98. The van der Waals surface area contributed by atoms with Crippen LogP contribution in [0.1, 0.15) is 29.8 Å². The molecule has 6 nitrogen and oxygen atoms in total. The molecule has 1 saturated heterocycles. The van der Waals surface area contributed by atoms with Crippen LogP contribution < -0.4 is 5.32 Å². The van der Waals surface area contributed by atoms with Crippen LogP contribution in [0.25, 0.3) is 11.1 Å². The lowest BCUT2D eigenvalue weighted by molar-refractivity contribution is -0.143. The third-order valence-electron chi connectivity index (χ3n) is 6.03. The number of nitrogens with zero attached hydrogens (tertiary/aromatic N) is 3. The van der Waals surface area contributed by atoms with Gasteiger partial charge in [0.15, 0.2) is 0 Å². The molecule has 1 fully saturated rings. The molecule has 0 saturated carbocycles. The Morgan fingerprint density at radius 3 is 2.61 bits per heavy atom. The second-order valence-electron chi connectivity index (χ2n) is 8.56. The van der Waals surface area contributed by atoms with Crippen LogP contribution >= 0.6 is 0 Å². The molecule has 172 valence electrons. The standard InChI is InChI=1S/C26H29FN4O2/c1-18-14-19(2)31(29-18)12-5-10-25(32)30-13-11-28-26(33)24(30)16-20-6-3-7-21(15-20)22-8-4-9-23(27)17-22/h3-4,6-9,14-15,17,24H,5,10-13,16H2,1-2H3,(H,28,33). The lowest BCUT2D eigenvalue weighted by Gasteiger charge is -2.35. The fourth-order valence-corrected chi connectivity index (χ4v) is 4.41. The average Bonchev–Trinajstić information content (AvgIpc) is 3.12. The van der Waals surface area contributed by atoms with Crippen LogP contribution in [0.3, 0.4) is 0 Å². The SMILES string of the molecule is Cc1cc(C)n(CCCC(=O)N2CCNC(=O)C2Cc2cccc(-c3cccc(F)c3)c2)n1. The van der Waals surface area contributed by atoms with Crippen LogP contribution in [-0.4, -0.2) is 45.6 Å². The Balaban J connectivity index is 1.44. The Morgan fingerprint density at radius 1 is 1.12 bits per heavy atom. The molecule has 1 aromatic heterocycles. The lowest BCUT2D eigenvalue weighted by atomic mass is 9.97. The fourth-order valence-electron chi connectivity index (χ4n) is 4.41. The van der Waals surface area contributed by atoms with Crippen molar-refractivity contribution < 1.29 is 14.0 Å². The van der Waals surface area contributed by atoms with E-state index < -0.39 is 6.04 Å². The highest BCUT2D eigenvalue weighted by Gasteiger charge is 2.32. The summed E-state index contributed by atoms with van der Waals surface area (Å²) in [6.07, 6.45) is 1.45. The molecule has 2 heterocycles. The number of amides is 2. The number of hydrogen-bond acceptors (Lipinski definition) is 3. The first-order valence-electron chi connectivity index (χ1n) is 11.3. The smallest absolute Gasteiger partial charge is 0.243 e. The van der Waals surface area contributed by atoms with E-state index in [9.17, 15) is 14.0 Å². The van der Waals surface area contributed by atoms with Crippen molar-refractivity contribution in [1.82, 2.24) is 20.0 Å². The van der Waals surface area contributed by atoms with Gasteiger partial charge < -0.3 is 10.2 Å². The number of carbonyl (C=O) groups excluding carboxylic acids is 2. The highest BCUT2D eigenvalue weighted by atomic mass is 19.1. The molecule has 1 aliphatic heterocycles. The number of halogens is 1. The number of piperazine rings is 1. The average molecular weight is 449 g/mol.